The van der Waals surface area contributed by atoms with E-state index in [-0.39, 0.29) is 5.75 Å². The molecule has 0 atom stereocenters. The van der Waals surface area contributed by atoms with Gasteiger partial charge in [0.1, 0.15) is 11.8 Å². The predicted octanol–water partition coefficient (Wildman–Crippen LogP) is 3.02. The van der Waals surface area contributed by atoms with E-state index in [4.69, 9.17) is 5.26 Å². The van der Waals surface area contributed by atoms with Crippen LogP contribution in [0.25, 0.3) is 10.8 Å². The Kier molecular flexibility index (Phi) is 2.30. The van der Waals surface area contributed by atoms with Gasteiger partial charge in [0.2, 0.25) is 0 Å². The molecule has 3 heteroatoms. The summed E-state index contributed by atoms with van der Waals surface area (Å²) in [5.41, 5.74) is 0.670. The Morgan fingerprint density at radius 3 is 2.71 bits per heavy atom. The zero-order valence-corrected chi connectivity index (χ0v) is 9.32. The molecule has 14 heavy (non-hydrogen) atoms. The summed E-state index contributed by atoms with van der Waals surface area (Å²) in [6.07, 6.45) is 0. The van der Waals surface area contributed by atoms with Crippen LogP contribution in [0.1, 0.15) is 5.56 Å². The first-order valence-electron chi connectivity index (χ1n) is 4.03. The third kappa shape index (κ3) is 1.42. The molecule has 68 valence electrons. The Morgan fingerprint density at radius 2 is 2.00 bits per heavy atom. The predicted molar refractivity (Wildman–Crippen MR) is 63.0 cm³/mol. The maximum Gasteiger partial charge on any atom is 0.116 e. The van der Waals surface area contributed by atoms with Crippen LogP contribution in [0, 0.1) is 14.9 Å². The second-order valence-electron chi connectivity index (χ2n) is 2.94. The minimum atomic E-state index is 0.225. The topological polar surface area (TPSA) is 44.0 Å². The molecule has 0 saturated heterocycles. The van der Waals surface area contributed by atoms with E-state index in [2.05, 4.69) is 28.7 Å². The Bertz CT molecular complexity index is 543. The van der Waals surface area contributed by atoms with Crippen LogP contribution in [0.3, 0.4) is 0 Å². The van der Waals surface area contributed by atoms with Crippen molar-refractivity contribution < 1.29 is 5.11 Å². The number of aromatic hydroxyl groups is 1. The van der Waals surface area contributed by atoms with Crippen molar-refractivity contribution in [1.29, 1.82) is 5.26 Å². The van der Waals surface area contributed by atoms with Crippen LogP contribution in [0.2, 0.25) is 0 Å². The quantitative estimate of drug-likeness (QED) is 0.759. The Labute approximate surface area is 94.9 Å². The van der Waals surface area contributed by atoms with E-state index in [1.54, 1.807) is 18.2 Å². The van der Waals surface area contributed by atoms with E-state index < -0.39 is 0 Å². The van der Waals surface area contributed by atoms with E-state index in [9.17, 15) is 5.11 Å². The molecule has 0 fully saturated rings. The standard InChI is InChI=1S/C11H6INO/c12-11-4-1-7-5-8(14)2-3-9(7)10(11)6-13/h1-5,14H. The number of phenols is 1. The number of benzene rings is 2. The highest BCUT2D eigenvalue weighted by Gasteiger charge is 2.04. The first-order valence-corrected chi connectivity index (χ1v) is 5.11. The zero-order chi connectivity index (χ0) is 10.1. The van der Waals surface area contributed by atoms with Gasteiger partial charge in [-0.05, 0) is 52.2 Å². The number of hydrogen-bond acceptors (Lipinski definition) is 2. The molecule has 2 aromatic carbocycles. The van der Waals surface area contributed by atoms with Gasteiger partial charge in [0.25, 0.3) is 0 Å². The van der Waals surface area contributed by atoms with Gasteiger partial charge < -0.3 is 5.11 Å². The molecule has 0 aliphatic heterocycles. The van der Waals surface area contributed by atoms with Gasteiger partial charge in [0, 0.05) is 8.96 Å². The van der Waals surface area contributed by atoms with Gasteiger partial charge in [-0.1, -0.05) is 6.07 Å². The Morgan fingerprint density at radius 1 is 1.21 bits per heavy atom. The van der Waals surface area contributed by atoms with E-state index in [1.807, 2.05) is 12.1 Å². The molecule has 2 nitrogen and oxygen atoms in total. The minimum Gasteiger partial charge on any atom is -0.508 e. The summed E-state index contributed by atoms with van der Waals surface area (Å²) in [5, 5.41) is 20.0. The fourth-order valence-corrected chi connectivity index (χ4v) is 2.00. The summed E-state index contributed by atoms with van der Waals surface area (Å²) in [6, 6.07) is 11.0. The van der Waals surface area contributed by atoms with Gasteiger partial charge in [-0.25, -0.2) is 0 Å². The minimum absolute atomic E-state index is 0.225. The smallest absolute Gasteiger partial charge is 0.116 e. The molecule has 0 spiro atoms. The van der Waals surface area contributed by atoms with E-state index in [0.717, 1.165) is 14.3 Å². The van der Waals surface area contributed by atoms with Crippen LogP contribution in [-0.2, 0) is 0 Å². The number of phenolic OH excluding ortho intramolecular Hbond substituents is 1. The highest BCUT2D eigenvalue weighted by Crippen LogP contribution is 2.26. The van der Waals surface area contributed by atoms with Crippen LogP contribution in [0.5, 0.6) is 5.75 Å². The molecule has 0 amide bonds. The number of nitriles is 1. The number of halogens is 1. The third-order valence-electron chi connectivity index (χ3n) is 2.06. The van der Waals surface area contributed by atoms with Crippen LogP contribution in [0.15, 0.2) is 30.3 Å². The van der Waals surface area contributed by atoms with Crippen molar-refractivity contribution in [2.75, 3.05) is 0 Å². The largest absolute Gasteiger partial charge is 0.508 e. The molecule has 0 aromatic heterocycles. The molecule has 2 aromatic rings. The van der Waals surface area contributed by atoms with Crippen LogP contribution in [-0.4, -0.2) is 5.11 Å². The van der Waals surface area contributed by atoms with Crippen LogP contribution >= 0.6 is 22.6 Å². The second-order valence-corrected chi connectivity index (χ2v) is 4.10. The summed E-state index contributed by atoms with van der Waals surface area (Å²) in [6.45, 7) is 0. The highest BCUT2D eigenvalue weighted by molar-refractivity contribution is 14.1. The lowest BCUT2D eigenvalue weighted by Gasteiger charge is -2.02. The zero-order valence-electron chi connectivity index (χ0n) is 7.16. The molecule has 1 N–H and O–H groups in total. The molecule has 2 rings (SSSR count). The molecule has 0 radical (unpaired) electrons. The third-order valence-corrected chi connectivity index (χ3v) is 2.96. The van der Waals surface area contributed by atoms with Gasteiger partial charge in [-0.2, -0.15) is 5.26 Å². The summed E-state index contributed by atoms with van der Waals surface area (Å²) in [4.78, 5) is 0. The number of rotatable bonds is 0. The number of hydrogen-bond donors (Lipinski definition) is 1. The summed E-state index contributed by atoms with van der Waals surface area (Å²) < 4.78 is 0.934. The van der Waals surface area contributed by atoms with E-state index >= 15 is 0 Å². The molecule has 0 aliphatic carbocycles. The molecular weight excluding hydrogens is 289 g/mol. The molecule has 0 unspecified atom stereocenters. The van der Waals surface area contributed by atoms with Gasteiger partial charge in [0.05, 0.1) is 5.56 Å². The maximum atomic E-state index is 9.28. The van der Waals surface area contributed by atoms with Crippen LogP contribution < -0.4 is 0 Å². The van der Waals surface area contributed by atoms with Crippen molar-refractivity contribution in [2.45, 2.75) is 0 Å². The van der Waals surface area contributed by atoms with Gasteiger partial charge >= 0.3 is 0 Å². The monoisotopic (exact) mass is 295 g/mol. The lowest BCUT2D eigenvalue weighted by Crippen LogP contribution is -1.84. The summed E-state index contributed by atoms with van der Waals surface area (Å²) in [7, 11) is 0. The Balaban J connectivity index is 2.90. The summed E-state index contributed by atoms with van der Waals surface area (Å²) in [5.74, 6) is 0.225. The van der Waals surface area contributed by atoms with Crippen molar-refractivity contribution in [2.24, 2.45) is 0 Å². The normalized spacial score (nSPS) is 10.0. The molecule has 0 heterocycles. The van der Waals surface area contributed by atoms with E-state index in [1.165, 1.54) is 0 Å². The van der Waals surface area contributed by atoms with Crippen molar-refractivity contribution in [3.05, 3.63) is 39.5 Å². The van der Waals surface area contributed by atoms with E-state index in [0.29, 0.717) is 5.56 Å². The van der Waals surface area contributed by atoms with Gasteiger partial charge in [0.15, 0.2) is 0 Å². The maximum absolute atomic E-state index is 9.28. The lowest BCUT2D eigenvalue weighted by molar-refractivity contribution is 0.476. The average Bonchev–Trinajstić information content (AvgIpc) is 2.18. The first-order chi connectivity index (χ1) is 6.72. The average molecular weight is 295 g/mol. The fourth-order valence-electron chi connectivity index (χ4n) is 1.40. The SMILES string of the molecule is N#Cc1c(I)ccc2cc(O)ccc12. The summed E-state index contributed by atoms with van der Waals surface area (Å²) >= 11 is 2.13. The fraction of sp³-hybridized carbons (Fsp3) is 0. The van der Waals surface area contributed by atoms with Crippen molar-refractivity contribution in [3.63, 3.8) is 0 Å². The Hall–Kier alpha value is -1.28. The van der Waals surface area contributed by atoms with Crippen molar-refractivity contribution >= 4 is 33.4 Å². The lowest BCUT2D eigenvalue weighted by atomic mass is 10.1. The molecule has 0 saturated carbocycles. The molecule has 0 aliphatic rings. The van der Waals surface area contributed by atoms with Crippen molar-refractivity contribution in [3.8, 4) is 11.8 Å². The first kappa shape index (κ1) is 9.28. The highest BCUT2D eigenvalue weighted by atomic mass is 127. The van der Waals surface area contributed by atoms with Gasteiger partial charge in [-0.15, -0.1) is 0 Å². The number of nitrogens with zero attached hydrogens (tertiary/aromatic N) is 1. The second kappa shape index (κ2) is 3.46. The van der Waals surface area contributed by atoms with Gasteiger partial charge in [-0.3, -0.25) is 0 Å². The molecule has 0 bridgehead atoms. The van der Waals surface area contributed by atoms with Crippen molar-refractivity contribution in [1.82, 2.24) is 0 Å². The van der Waals surface area contributed by atoms with Crippen LogP contribution in [0.4, 0.5) is 0 Å². The number of fused-ring (bicyclic) bond motifs is 1. The molecular formula is C11H6INO.